The lowest BCUT2D eigenvalue weighted by Crippen LogP contribution is -2.41. The molecule has 7 heteroatoms. The molecule has 1 aliphatic heterocycles. The summed E-state index contributed by atoms with van der Waals surface area (Å²) in [7, 11) is -0.591. The van der Waals surface area contributed by atoms with Crippen LogP contribution in [0.2, 0.25) is 0 Å². The van der Waals surface area contributed by atoms with Crippen LogP contribution in [0.1, 0.15) is 27.7 Å². The lowest BCUT2D eigenvalue weighted by Gasteiger charge is -2.32. The molecule has 0 atom stereocenters. The summed E-state index contributed by atoms with van der Waals surface area (Å²) < 4.78 is 26.7. The fourth-order valence-corrected chi connectivity index (χ4v) is 2.82. The van der Waals surface area contributed by atoms with E-state index in [1.807, 2.05) is 39.8 Å². The van der Waals surface area contributed by atoms with Gasteiger partial charge in [-0.2, -0.15) is 0 Å². The Kier molecular flexibility index (Phi) is 3.49. The SMILES string of the molecule is CC1(C)OB(c2ccc(-c3cnc4[nH]ccc4n3)c(F)c2)OC1(C)C. The van der Waals surface area contributed by atoms with Gasteiger partial charge in [0.1, 0.15) is 11.3 Å². The Morgan fingerprint density at radius 2 is 1.80 bits per heavy atom. The quantitative estimate of drug-likeness (QED) is 0.729. The molecular weight excluding hydrogens is 320 g/mol. The first-order valence-electron chi connectivity index (χ1n) is 8.22. The third-order valence-corrected chi connectivity index (χ3v) is 5.06. The average Bonchev–Trinajstić information content (AvgIpc) is 3.08. The molecule has 0 radical (unpaired) electrons. The van der Waals surface area contributed by atoms with Gasteiger partial charge in [-0.05, 0) is 45.3 Å². The number of halogens is 1. The lowest BCUT2D eigenvalue weighted by atomic mass is 9.78. The first-order chi connectivity index (χ1) is 11.8. The van der Waals surface area contributed by atoms with E-state index in [1.165, 1.54) is 6.07 Å². The maximum absolute atomic E-state index is 14.7. The molecule has 3 heterocycles. The summed E-state index contributed by atoms with van der Waals surface area (Å²) in [5.41, 5.74) is 2.00. The third-order valence-electron chi connectivity index (χ3n) is 5.06. The summed E-state index contributed by atoms with van der Waals surface area (Å²) in [5.74, 6) is -0.378. The Bertz CT molecular complexity index is 938. The van der Waals surface area contributed by atoms with Crippen LogP contribution < -0.4 is 5.46 Å². The van der Waals surface area contributed by atoms with E-state index in [-0.39, 0.29) is 5.82 Å². The number of H-pyrrole nitrogens is 1. The van der Waals surface area contributed by atoms with Gasteiger partial charge < -0.3 is 14.3 Å². The third kappa shape index (κ3) is 2.64. The number of nitrogens with zero attached hydrogens (tertiary/aromatic N) is 2. The van der Waals surface area contributed by atoms with E-state index in [2.05, 4.69) is 15.0 Å². The van der Waals surface area contributed by atoms with E-state index in [1.54, 1.807) is 18.5 Å². The van der Waals surface area contributed by atoms with Crippen molar-refractivity contribution in [3.8, 4) is 11.3 Å². The Morgan fingerprint density at radius 3 is 2.48 bits per heavy atom. The number of fused-ring (bicyclic) bond motifs is 1. The Labute approximate surface area is 145 Å². The van der Waals surface area contributed by atoms with Crippen molar-refractivity contribution in [2.24, 2.45) is 0 Å². The molecule has 1 saturated heterocycles. The first-order valence-corrected chi connectivity index (χ1v) is 8.22. The van der Waals surface area contributed by atoms with Crippen molar-refractivity contribution in [3.05, 3.63) is 42.5 Å². The van der Waals surface area contributed by atoms with Gasteiger partial charge in [0.25, 0.3) is 0 Å². The van der Waals surface area contributed by atoms with Crippen molar-refractivity contribution in [1.82, 2.24) is 15.0 Å². The van der Waals surface area contributed by atoms with Crippen LogP contribution in [0.15, 0.2) is 36.7 Å². The number of benzene rings is 1. The smallest absolute Gasteiger partial charge is 0.399 e. The average molecular weight is 339 g/mol. The highest BCUT2D eigenvalue weighted by atomic mass is 19.1. The lowest BCUT2D eigenvalue weighted by molar-refractivity contribution is 0.00578. The topological polar surface area (TPSA) is 60.0 Å². The molecule has 4 rings (SSSR count). The highest BCUT2D eigenvalue weighted by Crippen LogP contribution is 2.36. The number of nitrogens with one attached hydrogen (secondary N) is 1. The fourth-order valence-electron chi connectivity index (χ4n) is 2.82. The molecule has 0 unspecified atom stereocenters. The molecule has 128 valence electrons. The van der Waals surface area contributed by atoms with E-state index in [4.69, 9.17) is 9.31 Å². The normalized spacial score (nSPS) is 18.8. The van der Waals surface area contributed by atoms with E-state index in [0.717, 1.165) is 0 Å². The molecule has 0 aliphatic carbocycles. The Morgan fingerprint density at radius 1 is 1.08 bits per heavy atom. The highest BCUT2D eigenvalue weighted by molar-refractivity contribution is 6.62. The number of hydrogen-bond acceptors (Lipinski definition) is 4. The zero-order valence-corrected chi connectivity index (χ0v) is 14.6. The molecule has 3 aromatic rings. The van der Waals surface area contributed by atoms with Crippen molar-refractivity contribution >= 4 is 23.7 Å². The van der Waals surface area contributed by atoms with Crippen LogP contribution in [0, 0.1) is 5.82 Å². The van der Waals surface area contributed by atoms with Crippen molar-refractivity contribution in [2.75, 3.05) is 0 Å². The van der Waals surface area contributed by atoms with Gasteiger partial charge in [0.05, 0.1) is 23.1 Å². The first kappa shape index (κ1) is 16.2. The highest BCUT2D eigenvalue weighted by Gasteiger charge is 2.51. The van der Waals surface area contributed by atoms with E-state index >= 15 is 0 Å². The monoisotopic (exact) mass is 339 g/mol. The predicted octanol–water partition coefficient (Wildman–Crippen LogP) is 3.06. The van der Waals surface area contributed by atoms with Gasteiger partial charge in [-0.15, -0.1) is 0 Å². The van der Waals surface area contributed by atoms with Crippen LogP contribution in [-0.4, -0.2) is 33.3 Å². The van der Waals surface area contributed by atoms with Crippen molar-refractivity contribution in [3.63, 3.8) is 0 Å². The van der Waals surface area contributed by atoms with Gasteiger partial charge in [-0.25, -0.2) is 14.4 Å². The molecule has 2 aromatic heterocycles. The van der Waals surface area contributed by atoms with Gasteiger partial charge in [0.15, 0.2) is 5.65 Å². The fraction of sp³-hybridized carbons (Fsp3) is 0.333. The second-order valence-electron chi connectivity index (χ2n) is 7.29. The van der Waals surface area contributed by atoms with Gasteiger partial charge in [0.2, 0.25) is 0 Å². The molecule has 5 nitrogen and oxygen atoms in total. The summed E-state index contributed by atoms with van der Waals surface area (Å²) in [4.78, 5) is 11.7. The predicted molar refractivity (Wildman–Crippen MR) is 95.0 cm³/mol. The second-order valence-corrected chi connectivity index (χ2v) is 7.29. The molecular formula is C18H19BFN3O2. The maximum Gasteiger partial charge on any atom is 0.494 e. The van der Waals surface area contributed by atoms with Crippen LogP contribution in [0.4, 0.5) is 4.39 Å². The van der Waals surface area contributed by atoms with Gasteiger partial charge in [-0.3, -0.25) is 0 Å². The van der Waals surface area contributed by atoms with Crippen LogP contribution in [0.25, 0.3) is 22.4 Å². The molecule has 0 saturated carbocycles. The van der Waals surface area contributed by atoms with E-state index in [0.29, 0.717) is 27.9 Å². The summed E-state index contributed by atoms with van der Waals surface area (Å²) >= 11 is 0. The van der Waals surface area contributed by atoms with Crippen LogP contribution >= 0.6 is 0 Å². The van der Waals surface area contributed by atoms with Crippen LogP contribution in [0.3, 0.4) is 0 Å². The number of aromatic amines is 1. The maximum atomic E-state index is 14.7. The molecule has 0 bridgehead atoms. The standard InChI is InChI=1S/C18H19BFN3O2/c1-17(2)18(3,4)25-19(24-17)11-5-6-12(13(20)9-11)15-10-22-16-14(23-15)7-8-21-16/h5-10H,1-4H3,(H,21,22). The Balaban J connectivity index is 1.67. The zero-order valence-electron chi connectivity index (χ0n) is 14.6. The minimum atomic E-state index is -0.591. The van der Waals surface area contributed by atoms with Crippen molar-refractivity contribution < 1.29 is 13.7 Å². The molecule has 1 aromatic carbocycles. The van der Waals surface area contributed by atoms with E-state index in [9.17, 15) is 4.39 Å². The van der Waals surface area contributed by atoms with Gasteiger partial charge in [0, 0.05) is 11.8 Å². The minimum absolute atomic E-state index is 0.378. The summed E-state index contributed by atoms with van der Waals surface area (Å²) in [6.07, 6.45) is 3.32. The molecule has 1 N–H and O–H groups in total. The Hall–Kier alpha value is -2.25. The van der Waals surface area contributed by atoms with Crippen molar-refractivity contribution in [1.29, 1.82) is 0 Å². The molecule has 1 aliphatic rings. The number of aromatic nitrogens is 3. The molecule has 25 heavy (non-hydrogen) atoms. The number of hydrogen-bond donors (Lipinski definition) is 1. The van der Waals surface area contributed by atoms with Crippen LogP contribution in [-0.2, 0) is 9.31 Å². The summed E-state index contributed by atoms with van der Waals surface area (Å²) in [6, 6.07) is 6.75. The molecule has 0 spiro atoms. The van der Waals surface area contributed by atoms with Gasteiger partial charge in [-0.1, -0.05) is 12.1 Å². The minimum Gasteiger partial charge on any atom is -0.399 e. The summed E-state index contributed by atoms with van der Waals surface area (Å²) in [6.45, 7) is 7.89. The summed E-state index contributed by atoms with van der Waals surface area (Å²) in [5, 5.41) is 0. The largest absolute Gasteiger partial charge is 0.494 e. The molecule has 1 fully saturated rings. The van der Waals surface area contributed by atoms with E-state index < -0.39 is 18.3 Å². The second kappa shape index (κ2) is 5.38. The van der Waals surface area contributed by atoms with Crippen molar-refractivity contribution in [2.45, 2.75) is 38.9 Å². The number of rotatable bonds is 2. The molecule has 0 amide bonds. The zero-order chi connectivity index (χ0) is 17.8. The van der Waals surface area contributed by atoms with Crippen LogP contribution in [0.5, 0.6) is 0 Å². The van der Waals surface area contributed by atoms with Gasteiger partial charge >= 0.3 is 7.12 Å².